The fraction of sp³-hybridized carbons (Fsp3) is 0.850. The predicted molar refractivity (Wildman–Crippen MR) is 189 cm³/mol. The topological polar surface area (TPSA) is 27.7 Å². The molecule has 1 aromatic rings. The summed E-state index contributed by atoms with van der Waals surface area (Å²) in [5.41, 5.74) is 1.18. The molecule has 0 spiro atoms. The van der Waals surface area contributed by atoms with E-state index < -0.39 is 0 Å². The van der Waals surface area contributed by atoms with E-state index in [-0.39, 0.29) is 0 Å². The van der Waals surface area contributed by atoms with E-state index in [1.807, 2.05) is 0 Å². The van der Waals surface area contributed by atoms with E-state index in [0.29, 0.717) is 0 Å². The Hall–Kier alpha value is -1.38. The molecule has 0 aliphatic carbocycles. The zero-order valence-electron chi connectivity index (χ0n) is 29.6. The Morgan fingerprint density at radius 2 is 0.605 bits per heavy atom. The van der Waals surface area contributed by atoms with Crippen molar-refractivity contribution in [2.24, 2.45) is 0 Å². The number of unbranched alkanes of at least 4 members (excludes halogenated alkanes) is 24. The Labute approximate surface area is 269 Å². The molecular weight excluding hydrogens is 528 g/mol. The summed E-state index contributed by atoms with van der Waals surface area (Å²) in [6, 6.07) is 4.29. The van der Waals surface area contributed by atoms with Crippen molar-refractivity contribution in [1.82, 2.24) is 0 Å². The Morgan fingerprint density at radius 1 is 0.349 bits per heavy atom. The SMILES string of the molecule is CCCCCCCCCCCOc1cc(C)cc(OCCCCCCCCCCC)c1OCCCCCCCCCCC. The summed E-state index contributed by atoms with van der Waals surface area (Å²) in [6.45, 7) is 11.2. The lowest BCUT2D eigenvalue weighted by atomic mass is 10.1. The molecule has 0 amide bonds. The van der Waals surface area contributed by atoms with Crippen molar-refractivity contribution < 1.29 is 14.2 Å². The molecule has 0 aromatic heterocycles. The van der Waals surface area contributed by atoms with Gasteiger partial charge in [0.25, 0.3) is 0 Å². The zero-order valence-corrected chi connectivity index (χ0v) is 29.6. The molecule has 0 aliphatic heterocycles. The summed E-state index contributed by atoms with van der Waals surface area (Å²) in [7, 11) is 0. The van der Waals surface area contributed by atoms with Crippen LogP contribution in [0.25, 0.3) is 0 Å². The lowest BCUT2D eigenvalue weighted by molar-refractivity contribution is 0.234. The molecule has 0 saturated heterocycles. The molecule has 1 aromatic carbocycles. The molecule has 0 N–H and O–H groups in total. The van der Waals surface area contributed by atoms with Gasteiger partial charge in [-0.1, -0.05) is 175 Å². The second-order valence-corrected chi connectivity index (χ2v) is 13.1. The minimum atomic E-state index is 0.738. The quantitative estimate of drug-likeness (QED) is 0.0749. The molecule has 0 radical (unpaired) electrons. The maximum absolute atomic E-state index is 6.42. The summed E-state index contributed by atoms with van der Waals surface area (Å²) >= 11 is 0. The Kier molecular flexibility index (Phi) is 28.2. The molecule has 252 valence electrons. The number of rotatable bonds is 33. The fourth-order valence-corrected chi connectivity index (χ4v) is 5.84. The van der Waals surface area contributed by atoms with Gasteiger partial charge in [-0.3, -0.25) is 0 Å². The molecule has 3 heteroatoms. The van der Waals surface area contributed by atoms with E-state index in [2.05, 4.69) is 39.8 Å². The molecule has 0 unspecified atom stereocenters. The van der Waals surface area contributed by atoms with Gasteiger partial charge in [-0.25, -0.2) is 0 Å². The maximum atomic E-state index is 6.42. The monoisotopic (exact) mass is 603 g/mol. The third-order valence-corrected chi connectivity index (χ3v) is 8.67. The number of aryl methyl sites for hydroxylation is 1. The molecule has 0 saturated carbocycles. The van der Waals surface area contributed by atoms with Crippen LogP contribution in [-0.4, -0.2) is 19.8 Å². The standard InChI is InChI=1S/C40H74O3/c1-5-8-11-14-17-20-23-26-29-32-41-38-35-37(4)36-39(42-33-30-27-24-21-18-15-12-9-6-2)40(38)43-34-31-28-25-22-19-16-13-10-7-3/h35-36H,5-34H2,1-4H3. The van der Waals surface area contributed by atoms with Gasteiger partial charge in [0.05, 0.1) is 19.8 Å². The minimum absolute atomic E-state index is 0.738. The van der Waals surface area contributed by atoms with E-state index in [9.17, 15) is 0 Å². The molecular formula is C40H74O3. The van der Waals surface area contributed by atoms with E-state index in [1.165, 1.54) is 160 Å². The van der Waals surface area contributed by atoms with E-state index in [4.69, 9.17) is 14.2 Å². The van der Waals surface area contributed by atoms with Crippen LogP contribution in [0.5, 0.6) is 17.2 Å². The first-order chi connectivity index (χ1) is 21.2. The highest BCUT2D eigenvalue weighted by Crippen LogP contribution is 2.39. The van der Waals surface area contributed by atoms with Crippen molar-refractivity contribution in [3.8, 4) is 17.2 Å². The van der Waals surface area contributed by atoms with Gasteiger partial charge in [0.1, 0.15) is 0 Å². The van der Waals surface area contributed by atoms with E-state index in [1.54, 1.807) is 0 Å². The van der Waals surface area contributed by atoms with Crippen molar-refractivity contribution in [3.63, 3.8) is 0 Å². The summed E-state index contributed by atoms with van der Waals surface area (Å²) in [6.07, 6.45) is 35.7. The van der Waals surface area contributed by atoms with Crippen LogP contribution in [-0.2, 0) is 0 Å². The van der Waals surface area contributed by atoms with Gasteiger partial charge in [-0.05, 0) is 43.9 Å². The van der Waals surface area contributed by atoms with Gasteiger partial charge in [-0.2, -0.15) is 0 Å². The molecule has 0 fully saturated rings. The van der Waals surface area contributed by atoms with Crippen molar-refractivity contribution in [3.05, 3.63) is 17.7 Å². The van der Waals surface area contributed by atoms with Gasteiger partial charge in [0.15, 0.2) is 11.5 Å². The third-order valence-electron chi connectivity index (χ3n) is 8.67. The van der Waals surface area contributed by atoms with Crippen LogP contribution in [0.3, 0.4) is 0 Å². The number of hydrogen-bond donors (Lipinski definition) is 0. The van der Waals surface area contributed by atoms with E-state index in [0.717, 1.165) is 56.3 Å². The number of ether oxygens (including phenoxy) is 3. The van der Waals surface area contributed by atoms with Crippen molar-refractivity contribution in [2.75, 3.05) is 19.8 Å². The van der Waals surface area contributed by atoms with Crippen LogP contribution in [0.1, 0.15) is 200 Å². The van der Waals surface area contributed by atoms with Crippen LogP contribution < -0.4 is 14.2 Å². The molecule has 0 atom stereocenters. The van der Waals surface area contributed by atoms with Crippen molar-refractivity contribution >= 4 is 0 Å². The third kappa shape index (κ3) is 23.6. The molecule has 0 heterocycles. The average molecular weight is 603 g/mol. The average Bonchev–Trinajstić information content (AvgIpc) is 3.00. The summed E-state index contributed by atoms with van der Waals surface area (Å²) < 4.78 is 19.1. The molecule has 3 nitrogen and oxygen atoms in total. The number of hydrogen-bond acceptors (Lipinski definition) is 3. The van der Waals surface area contributed by atoms with Crippen LogP contribution >= 0.6 is 0 Å². The zero-order chi connectivity index (χ0) is 31.1. The van der Waals surface area contributed by atoms with E-state index >= 15 is 0 Å². The number of benzene rings is 1. The van der Waals surface area contributed by atoms with Gasteiger partial charge < -0.3 is 14.2 Å². The minimum Gasteiger partial charge on any atom is -0.490 e. The second kappa shape index (κ2) is 30.6. The second-order valence-electron chi connectivity index (χ2n) is 13.1. The summed E-state index contributed by atoms with van der Waals surface area (Å²) in [4.78, 5) is 0. The summed E-state index contributed by atoms with van der Waals surface area (Å²) in [5.74, 6) is 2.58. The highest BCUT2D eigenvalue weighted by atomic mass is 16.5. The molecule has 1 rings (SSSR count). The molecule has 0 aliphatic rings. The Bertz CT molecular complexity index is 671. The highest BCUT2D eigenvalue weighted by molar-refractivity contribution is 5.53. The maximum Gasteiger partial charge on any atom is 0.203 e. The first-order valence-corrected chi connectivity index (χ1v) is 19.3. The largest absolute Gasteiger partial charge is 0.490 e. The first-order valence-electron chi connectivity index (χ1n) is 19.3. The molecule has 43 heavy (non-hydrogen) atoms. The normalized spacial score (nSPS) is 11.3. The van der Waals surface area contributed by atoms with Crippen LogP contribution in [0.15, 0.2) is 12.1 Å². The summed E-state index contributed by atoms with van der Waals surface area (Å²) in [5, 5.41) is 0. The van der Waals surface area contributed by atoms with Crippen LogP contribution in [0.4, 0.5) is 0 Å². The van der Waals surface area contributed by atoms with Crippen molar-refractivity contribution in [2.45, 2.75) is 201 Å². The first kappa shape index (κ1) is 39.6. The predicted octanol–water partition coefficient (Wildman–Crippen LogP) is 13.7. The molecule has 0 bridgehead atoms. The van der Waals surface area contributed by atoms with Gasteiger partial charge in [-0.15, -0.1) is 0 Å². The van der Waals surface area contributed by atoms with Gasteiger partial charge >= 0.3 is 0 Å². The highest BCUT2D eigenvalue weighted by Gasteiger charge is 2.15. The Morgan fingerprint density at radius 3 is 0.907 bits per heavy atom. The van der Waals surface area contributed by atoms with Crippen molar-refractivity contribution in [1.29, 1.82) is 0 Å². The van der Waals surface area contributed by atoms with Gasteiger partial charge in [0, 0.05) is 0 Å². The fourth-order valence-electron chi connectivity index (χ4n) is 5.84. The lowest BCUT2D eigenvalue weighted by Crippen LogP contribution is -2.06. The van der Waals surface area contributed by atoms with Crippen LogP contribution in [0, 0.1) is 6.92 Å². The Balaban J connectivity index is 2.50. The lowest BCUT2D eigenvalue weighted by Gasteiger charge is -2.18. The smallest absolute Gasteiger partial charge is 0.203 e. The van der Waals surface area contributed by atoms with Crippen LogP contribution in [0.2, 0.25) is 0 Å². The van der Waals surface area contributed by atoms with Gasteiger partial charge in [0.2, 0.25) is 5.75 Å².